The van der Waals surface area contributed by atoms with Gasteiger partial charge in [0.2, 0.25) is 10.0 Å². The Balaban J connectivity index is 1.54. The fourth-order valence-electron chi connectivity index (χ4n) is 3.84. The molecule has 1 N–H and O–H groups in total. The highest BCUT2D eigenvalue weighted by Crippen LogP contribution is 2.35. The van der Waals surface area contributed by atoms with E-state index in [4.69, 9.17) is 4.74 Å². The van der Waals surface area contributed by atoms with Gasteiger partial charge in [-0.1, -0.05) is 23.8 Å². The number of anilines is 1. The third-order valence-corrected chi connectivity index (χ3v) is 8.74. The number of hydrogen-bond acceptors (Lipinski definition) is 6. The molecule has 3 aromatic rings. The molecule has 4 rings (SSSR count). The maximum Gasteiger partial charge on any atom is 0.257 e. The molecule has 1 aliphatic heterocycles. The summed E-state index contributed by atoms with van der Waals surface area (Å²) >= 11 is 1.38. The second-order valence-electron chi connectivity index (χ2n) is 7.72. The maximum atomic E-state index is 13.0. The van der Waals surface area contributed by atoms with E-state index >= 15 is 0 Å². The van der Waals surface area contributed by atoms with Gasteiger partial charge >= 0.3 is 0 Å². The number of aromatic nitrogens is 1. The smallest absolute Gasteiger partial charge is 0.257 e. The van der Waals surface area contributed by atoms with E-state index in [2.05, 4.69) is 10.3 Å². The van der Waals surface area contributed by atoms with E-state index in [-0.39, 0.29) is 16.8 Å². The minimum atomic E-state index is -3.56. The van der Waals surface area contributed by atoms with Gasteiger partial charge in [-0.05, 0) is 62.6 Å². The summed E-state index contributed by atoms with van der Waals surface area (Å²) in [4.78, 5) is 17.4. The lowest BCUT2D eigenvalue weighted by Gasteiger charge is -2.32. The van der Waals surface area contributed by atoms with Gasteiger partial charge in [0.05, 0.1) is 16.7 Å². The predicted octanol–water partition coefficient (Wildman–Crippen LogP) is 4.43. The second kappa shape index (κ2) is 8.57. The minimum absolute atomic E-state index is 0.0128. The molecule has 1 amide bonds. The van der Waals surface area contributed by atoms with Crippen LogP contribution in [0.5, 0.6) is 5.75 Å². The fraction of sp³-hybridized carbons (Fsp3) is 0.364. The summed E-state index contributed by atoms with van der Waals surface area (Å²) in [6.45, 7) is 4.45. The zero-order valence-corrected chi connectivity index (χ0v) is 19.3. The Kier molecular flexibility index (Phi) is 6.00. The molecule has 1 fully saturated rings. The van der Waals surface area contributed by atoms with Gasteiger partial charge < -0.3 is 4.74 Å². The molecule has 9 heteroatoms. The van der Waals surface area contributed by atoms with Crippen molar-refractivity contribution in [2.75, 3.05) is 19.0 Å². The Labute approximate surface area is 186 Å². The molecule has 0 radical (unpaired) electrons. The summed E-state index contributed by atoms with van der Waals surface area (Å²) in [5, 5.41) is 3.27. The number of carbonyl (C=O) groups is 1. The van der Waals surface area contributed by atoms with Crippen LogP contribution in [0.3, 0.4) is 0 Å². The normalized spacial score (nSPS) is 17.6. The van der Waals surface area contributed by atoms with Gasteiger partial charge in [-0.2, -0.15) is 4.31 Å². The van der Waals surface area contributed by atoms with Crippen molar-refractivity contribution in [3.8, 4) is 5.75 Å². The van der Waals surface area contributed by atoms with Crippen LogP contribution >= 0.6 is 11.3 Å². The number of aryl methyl sites for hydroxylation is 1. The van der Waals surface area contributed by atoms with E-state index < -0.39 is 10.0 Å². The Morgan fingerprint density at radius 1 is 1.19 bits per heavy atom. The lowest BCUT2D eigenvalue weighted by atomic mass is 10.1. The highest BCUT2D eigenvalue weighted by atomic mass is 32.2. The van der Waals surface area contributed by atoms with Crippen molar-refractivity contribution in [3.05, 3.63) is 47.5 Å². The van der Waals surface area contributed by atoms with Crippen molar-refractivity contribution in [2.24, 2.45) is 0 Å². The molecule has 1 aliphatic rings. The number of ether oxygens (including phenoxy) is 1. The number of hydrogen-bond donors (Lipinski definition) is 1. The third-order valence-electron chi connectivity index (χ3n) is 5.61. The number of nitrogens with zero attached hydrogens (tertiary/aromatic N) is 2. The number of piperidine rings is 1. The molecule has 0 spiro atoms. The first kappa shape index (κ1) is 21.7. The van der Waals surface area contributed by atoms with Crippen LogP contribution in [0.4, 0.5) is 5.13 Å². The van der Waals surface area contributed by atoms with E-state index in [1.165, 1.54) is 35.6 Å². The monoisotopic (exact) mass is 459 g/mol. The van der Waals surface area contributed by atoms with E-state index in [0.29, 0.717) is 28.5 Å². The first-order valence-corrected chi connectivity index (χ1v) is 12.4. The van der Waals surface area contributed by atoms with E-state index in [0.717, 1.165) is 29.5 Å². The minimum Gasteiger partial charge on any atom is -0.494 e. The second-order valence-corrected chi connectivity index (χ2v) is 10.6. The van der Waals surface area contributed by atoms with E-state index in [1.807, 2.05) is 26.0 Å². The van der Waals surface area contributed by atoms with E-state index in [1.54, 1.807) is 11.4 Å². The van der Waals surface area contributed by atoms with Crippen LogP contribution in [0.25, 0.3) is 10.2 Å². The number of sulfonamides is 1. The summed E-state index contributed by atoms with van der Waals surface area (Å²) in [5.41, 5.74) is 2.13. The van der Waals surface area contributed by atoms with Gasteiger partial charge in [0.1, 0.15) is 11.3 Å². The van der Waals surface area contributed by atoms with Gasteiger partial charge in [0.15, 0.2) is 5.13 Å². The molecule has 0 bridgehead atoms. The highest BCUT2D eigenvalue weighted by Gasteiger charge is 2.31. The number of benzene rings is 2. The van der Waals surface area contributed by atoms with Crippen LogP contribution in [0.1, 0.15) is 42.1 Å². The van der Waals surface area contributed by atoms with Crippen molar-refractivity contribution in [1.82, 2.24) is 9.29 Å². The van der Waals surface area contributed by atoms with Gasteiger partial charge in [-0.3, -0.25) is 10.1 Å². The lowest BCUT2D eigenvalue weighted by molar-refractivity contribution is 0.102. The number of methoxy groups -OCH3 is 1. The van der Waals surface area contributed by atoms with Crippen LogP contribution in [-0.2, 0) is 10.0 Å². The Bertz CT molecular complexity index is 1220. The molecular formula is C22H25N3O4S2. The molecule has 1 aromatic heterocycles. The molecule has 2 aromatic carbocycles. The average molecular weight is 460 g/mol. The van der Waals surface area contributed by atoms with Gasteiger partial charge in [-0.15, -0.1) is 0 Å². The molecule has 0 unspecified atom stereocenters. The number of carbonyl (C=O) groups excluding carboxylic acids is 1. The largest absolute Gasteiger partial charge is 0.494 e. The summed E-state index contributed by atoms with van der Waals surface area (Å²) in [5.74, 6) is 0.310. The SMILES string of the molecule is COc1ccc(C)c2sc(NC(=O)c3ccc(S(=O)(=O)N4CCCC[C@H]4C)cc3)nc12. The van der Waals surface area contributed by atoms with Crippen molar-refractivity contribution < 1.29 is 17.9 Å². The predicted molar refractivity (Wildman–Crippen MR) is 123 cm³/mol. The zero-order valence-electron chi connectivity index (χ0n) is 17.7. The van der Waals surface area contributed by atoms with Gasteiger partial charge in [0, 0.05) is 18.2 Å². The number of rotatable bonds is 5. The fourth-order valence-corrected chi connectivity index (χ4v) is 6.49. The first-order valence-electron chi connectivity index (χ1n) is 10.2. The number of amides is 1. The van der Waals surface area contributed by atoms with Gasteiger partial charge in [-0.25, -0.2) is 13.4 Å². The Morgan fingerprint density at radius 3 is 2.61 bits per heavy atom. The molecule has 7 nitrogen and oxygen atoms in total. The van der Waals surface area contributed by atoms with Crippen molar-refractivity contribution in [1.29, 1.82) is 0 Å². The zero-order chi connectivity index (χ0) is 22.2. The molecule has 1 saturated heterocycles. The first-order chi connectivity index (χ1) is 14.8. The highest BCUT2D eigenvalue weighted by molar-refractivity contribution is 7.89. The van der Waals surface area contributed by atoms with Crippen molar-refractivity contribution >= 4 is 42.6 Å². The summed E-state index contributed by atoms with van der Waals surface area (Å²) in [6, 6.07) is 9.86. The van der Waals surface area contributed by atoms with Crippen molar-refractivity contribution in [3.63, 3.8) is 0 Å². The van der Waals surface area contributed by atoms with Crippen LogP contribution < -0.4 is 10.1 Å². The number of fused-ring (bicyclic) bond motifs is 1. The van der Waals surface area contributed by atoms with Gasteiger partial charge in [0.25, 0.3) is 5.91 Å². The standard InChI is InChI=1S/C22H25N3O4S2/c1-14-7-12-18(29-3)19-20(14)30-22(23-19)24-21(26)16-8-10-17(11-9-16)31(27,28)25-13-5-4-6-15(25)2/h7-12,15H,4-6,13H2,1-3H3,(H,23,24,26)/t15-/m1/s1. The third kappa shape index (κ3) is 4.17. The molecule has 164 valence electrons. The molecular weight excluding hydrogens is 434 g/mol. The van der Waals surface area contributed by atoms with Crippen molar-refractivity contribution in [2.45, 2.75) is 44.0 Å². The Morgan fingerprint density at radius 2 is 1.94 bits per heavy atom. The number of nitrogens with one attached hydrogen (secondary N) is 1. The molecule has 0 saturated carbocycles. The molecule has 0 aliphatic carbocycles. The molecule has 1 atom stereocenters. The van der Waals surface area contributed by atoms with Crippen LogP contribution in [0, 0.1) is 6.92 Å². The summed E-state index contributed by atoms with van der Waals surface area (Å²) < 4.78 is 33.8. The topological polar surface area (TPSA) is 88.6 Å². The van der Waals surface area contributed by atoms with E-state index in [9.17, 15) is 13.2 Å². The maximum absolute atomic E-state index is 13.0. The quantitative estimate of drug-likeness (QED) is 0.610. The Hall–Kier alpha value is -2.49. The molecule has 2 heterocycles. The van der Waals surface area contributed by atoms with Crippen LogP contribution in [0.15, 0.2) is 41.3 Å². The lowest BCUT2D eigenvalue weighted by Crippen LogP contribution is -2.41. The number of thiazole rings is 1. The van der Waals surface area contributed by atoms with Crippen LogP contribution in [-0.4, -0.2) is 43.3 Å². The van der Waals surface area contributed by atoms with Crippen LogP contribution in [0.2, 0.25) is 0 Å². The summed E-state index contributed by atoms with van der Waals surface area (Å²) in [7, 11) is -1.98. The molecule has 31 heavy (non-hydrogen) atoms. The average Bonchev–Trinajstić information content (AvgIpc) is 3.19. The summed E-state index contributed by atoms with van der Waals surface area (Å²) in [6.07, 6.45) is 2.78.